The van der Waals surface area contributed by atoms with Gasteiger partial charge in [-0.2, -0.15) is 5.10 Å². The smallest absolute Gasteiger partial charge is 0.344 e. The van der Waals surface area contributed by atoms with Crippen molar-refractivity contribution in [2.24, 2.45) is 5.10 Å². The second-order valence-corrected chi connectivity index (χ2v) is 6.88. The molecular formula is C21H14BrClN2O3. The van der Waals surface area contributed by atoms with Crippen molar-refractivity contribution < 1.29 is 14.3 Å². The molecule has 3 aromatic rings. The minimum absolute atomic E-state index is 0.343. The fourth-order valence-corrected chi connectivity index (χ4v) is 2.95. The first-order valence-electron chi connectivity index (χ1n) is 8.19. The van der Waals surface area contributed by atoms with E-state index in [0.29, 0.717) is 26.4 Å². The molecule has 140 valence electrons. The van der Waals surface area contributed by atoms with Gasteiger partial charge in [0.2, 0.25) is 0 Å². The standard InChI is InChI=1S/C21H14BrClN2O3/c22-18-7-3-1-5-16(18)21(27)28-15-11-9-14(10-12-15)13-24-25-20(26)17-6-2-4-8-19(17)23/h1-13H,(H,25,26)/b24-13-. The lowest BCUT2D eigenvalue weighted by molar-refractivity contribution is 0.0733. The maximum atomic E-state index is 12.2. The van der Waals surface area contributed by atoms with Crippen LogP contribution in [-0.2, 0) is 0 Å². The van der Waals surface area contributed by atoms with Crippen LogP contribution in [0.1, 0.15) is 26.3 Å². The number of carbonyl (C=O) groups is 2. The van der Waals surface area contributed by atoms with E-state index in [9.17, 15) is 9.59 Å². The molecule has 3 aromatic carbocycles. The number of benzene rings is 3. The van der Waals surface area contributed by atoms with E-state index in [-0.39, 0.29) is 0 Å². The highest BCUT2D eigenvalue weighted by Crippen LogP contribution is 2.19. The summed E-state index contributed by atoms with van der Waals surface area (Å²) in [4.78, 5) is 24.2. The van der Waals surface area contributed by atoms with Crippen LogP contribution in [0.2, 0.25) is 5.02 Å². The van der Waals surface area contributed by atoms with Gasteiger partial charge in [-0.1, -0.05) is 35.9 Å². The molecule has 3 rings (SSSR count). The Hall–Kier alpha value is -2.96. The maximum absolute atomic E-state index is 12.2. The van der Waals surface area contributed by atoms with Crippen LogP contribution in [0.3, 0.4) is 0 Å². The zero-order valence-electron chi connectivity index (χ0n) is 14.4. The van der Waals surface area contributed by atoms with Gasteiger partial charge >= 0.3 is 5.97 Å². The van der Waals surface area contributed by atoms with Crippen molar-refractivity contribution >= 4 is 45.6 Å². The molecule has 0 aliphatic rings. The van der Waals surface area contributed by atoms with Crippen molar-refractivity contribution in [2.75, 3.05) is 0 Å². The number of hydrogen-bond donors (Lipinski definition) is 1. The van der Waals surface area contributed by atoms with Crippen molar-refractivity contribution in [1.29, 1.82) is 0 Å². The summed E-state index contributed by atoms with van der Waals surface area (Å²) in [5.74, 6) is -0.459. The molecule has 5 nitrogen and oxygen atoms in total. The highest BCUT2D eigenvalue weighted by Gasteiger charge is 2.11. The monoisotopic (exact) mass is 456 g/mol. The number of amides is 1. The summed E-state index contributed by atoms with van der Waals surface area (Å²) in [7, 11) is 0. The lowest BCUT2D eigenvalue weighted by Crippen LogP contribution is -2.17. The lowest BCUT2D eigenvalue weighted by atomic mass is 10.2. The number of esters is 1. The van der Waals surface area contributed by atoms with Gasteiger partial charge < -0.3 is 4.74 Å². The number of nitrogens with zero attached hydrogens (tertiary/aromatic N) is 1. The zero-order valence-corrected chi connectivity index (χ0v) is 16.8. The first-order valence-corrected chi connectivity index (χ1v) is 9.36. The number of nitrogens with one attached hydrogen (secondary N) is 1. The number of carbonyl (C=O) groups excluding carboxylic acids is 2. The Bertz CT molecular complexity index is 1040. The van der Waals surface area contributed by atoms with Crippen molar-refractivity contribution in [3.05, 3.63) is 99.0 Å². The van der Waals surface area contributed by atoms with Crippen molar-refractivity contribution in [2.45, 2.75) is 0 Å². The van der Waals surface area contributed by atoms with Crippen LogP contribution in [0, 0.1) is 0 Å². The molecule has 1 amide bonds. The Morgan fingerprint density at radius 2 is 1.57 bits per heavy atom. The summed E-state index contributed by atoms with van der Waals surface area (Å²) >= 11 is 9.29. The Morgan fingerprint density at radius 1 is 0.929 bits per heavy atom. The molecule has 0 fully saturated rings. The highest BCUT2D eigenvalue weighted by atomic mass is 79.9. The Kier molecular flexibility index (Phi) is 6.57. The van der Waals surface area contributed by atoms with E-state index in [2.05, 4.69) is 26.5 Å². The van der Waals surface area contributed by atoms with Gasteiger partial charge in [0.05, 0.1) is 22.4 Å². The van der Waals surface area contributed by atoms with E-state index < -0.39 is 11.9 Å². The fourth-order valence-electron chi connectivity index (χ4n) is 2.28. The van der Waals surface area contributed by atoms with Gasteiger partial charge in [-0.15, -0.1) is 0 Å². The van der Waals surface area contributed by atoms with Gasteiger partial charge in [0, 0.05) is 4.47 Å². The number of hydrogen-bond acceptors (Lipinski definition) is 4. The van der Waals surface area contributed by atoms with E-state index in [4.69, 9.17) is 16.3 Å². The SMILES string of the molecule is O=C(N/N=C\c1ccc(OC(=O)c2ccccc2Br)cc1)c1ccccc1Cl. The van der Waals surface area contributed by atoms with Gasteiger partial charge in [0.25, 0.3) is 5.91 Å². The number of rotatable bonds is 5. The van der Waals surface area contributed by atoms with Crippen molar-refractivity contribution in [3.63, 3.8) is 0 Å². The molecule has 0 heterocycles. The third kappa shape index (κ3) is 5.06. The minimum Gasteiger partial charge on any atom is -0.423 e. The topological polar surface area (TPSA) is 67.8 Å². The second kappa shape index (κ2) is 9.30. The predicted octanol–water partition coefficient (Wildman–Crippen LogP) is 5.09. The van der Waals surface area contributed by atoms with Crippen LogP contribution in [0.15, 0.2) is 82.4 Å². The molecule has 0 saturated heterocycles. The summed E-state index contributed by atoms with van der Waals surface area (Å²) in [5.41, 5.74) is 3.92. The van der Waals surface area contributed by atoms with Crippen LogP contribution in [0.5, 0.6) is 5.75 Å². The van der Waals surface area contributed by atoms with Gasteiger partial charge in [-0.3, -0.25) is 4.79 Å². The van der Waals surface area contributed by atoms with Gasteiger partial charge in [0.15, 0.2) is 0 Å². The van der Waals surface area contributed by atoms with Crippen molar-refractivity contribution in [3.8, 4) is 5.75 Å². The molecule has 7 heteroatoms. The van der Waals surface area contributed by atoms with Crippen LogP contribution < -0.4 is 10.2 Å². The normalized spacial score (nSPS) is 10.6. The number of halogens is 2. The molecule has 0 aliphatic heterocycles. The van der Waals surface area contributed by atoms with E-state index in [0.717, 1.165) is 5.56 Å². The molecule has 0 atom stereocenters. The van der Waals surface area contributed by atoms with E-state index in [1.165, 1.54) is 6.21 Å². The summed E-state index contributed by atoms with van der Waals surface area (Å²) in [6, 6.07) is 20.5. The summed E-state index contributed by atoms with van der Waals surface area (Å²) in [6.45, 7) is 0. The van der Waals surface area contributed by atoms with Gasteiger partial charge in [0.1, 0.15) is 5.75 Å². The molecule has 1 N–H and O–H groups in total. The van der Waals surface area contributed by atoms with Crippen LogP contribution in [0.25, 0.3) is 0 Å². The van der Waals surface area contributed by atoms with E-state index in [1.807, 2.05) is 6.07 Å². The molecule has 0 aromatic heterocycles. The third-order valence-corrected chi connectivity index (χ3v) is 4.70. The first kappa shape index (κ1) is 19.8. The van der Waals surface area contributed by atoms with Crippen LogP contribution >= 0.6 is 27.5 Å². The molecule has 0 radical (unpaired) electrons. The lowest BCUT2D eigenvalue weighted by Gasteiger charge is -2.06. The predicted molar refractivity (Wildman–Crippen MR) is 112 cm³/mol. The number of ether oxygens (including phenoxy) is 1. The minimum atomic E-state index is -0.458. The van der Waals surface area contributed by atoms with Crippen LogP contribution in [0.4, 0.5) is 0 Å². The molecule has 0 spiro atoms. The molecule has 0 saturated carbocycles. The Balaban J connectivity index is 1.59. The second-order valence-electron chi connectivity index (χ2n) is 5.62. The summed E-state index contributed by atoms with van der Waals surface area (Å²) in [5, 5.41) is 4.26. The molecule has 0 bridgehead atoms. The van der Waals surface area contributed by atoms with Gasteiger partial charge in [-0.05, 0) is 70.0 Å². The van der Waals surface area contributed by atoms with Crippen molar-refractivity contribution in [1.82, 2.24) is 5.43 Å². The maximum Gasteiger partial charge on any atom is 0.344 e. The molecular weight excluding hydrogens is 444 g/mol. The number of hydrazone groups is 1. The molecule has 0 unspecified atom stereocenters. The Labute approximate surface area is 175 Å². The largest absolute Gasteiger partial charge is 0.423 e. The van der Waals surface area contributed by atoms with Crippen LogP contribution in [-0.4, -0.2) is 18.1 Å². The fraction of sp³-hybridized carbons (Fsp3) is 0. The van der Waals surface area contributed by atoms with E-state index in [1.54, 1.807) is 66.7 Å². The van der Waals surface area contributed by atoms with E-state index >= 15 is 0 Å². The summed E-state index contributed by atoms with van der Waals surface area (Å²) < 4.78 is 6.02. The average molecular weight is 458 g/mol. The highest BCUT2D eigenvalue weighted by molar-refractivity contribution is 9.10. The zero-order chi connectivity index (χ0) is 19.9. The first-order chi connectivity index (χ1) is 13.5. The molecule has 28 heavy (non-hydrogen) atoms. The third-order valence-electron chi connectivity index (χ3n) is 3.68. The summed E-state index contributed by atoms with van der Waals surface area (Å²) in [6.07, 6.45) is 1.48. The Morgan fingerprint density at radius 3 is 2.25 bits per heavy atom. The van der Waals surface area contributed by atoms with Gasteiger partial charge in [-0.25, -0.2) is 10.2 Å². The quantitative estimate of drug-likeness (QED) is 0.251. The molecule has 0 aliphatic carbocycles. The average Bonchev–Trinajstić information content (AvgIpc) is 2.70.